The molecule has 1 rings (SSSR count). The van der Waals surface area contributed by atoms with E-state index in [0.717, 1.165) is 5.56 Å². The van der Waals surface area contributed by atoms with E-state index in [0.29, 0.717) is 23.3 Å². The van der Waals surface area contributed by atoms with E-state index in [2.05, 4.69) is 21.2 Å². The summed E-state index contributed by atoms with van der Waals surface area (Å²) >= 11 is 4.83. The third-order valence-electron chi connectivity index (χ3n) is 2.44. The van der Waals surface area contributed by atoms with Gasteiger partial charge in [0, 0.05) is 35.4 Å². The number of hydrogen-bond donors (Lipinski definition) is 2. The molecule has 19 heavy (non-hydrogen) atoms. The summed E-state index contributed by atoms with van der Waals surface area (Å²) in [5.74, 6) is 0.638. The fourth-order valence-electron chi connectivity index (χ4n) is 1.68. The summed E-state index contributed by atoms with van der Waals surface area (Å²) in [5.41, 5.74) is 0.0836. The van der Waals surface area contributed by atoms with Gasteiger partial charge in [-0.1, -0.05) is 15.9 Å². The number of non-ortho nitro benzene ring substituents is 1. The number of nitro benzene ring substituents is 1. The van der Waals surface area contributed by atoms with Crippen LogP contribution in [0, 0.1) is 10.1 Å². The monoisotopic (exact) mass is 348 g/mol. The van der Waals surface area contributed by atoms with Crippen LogP contribution in [0.25, 0.3) is 0 Å². The summed E-state index contributed by atoms with van der Waals surface area (Å²) in [6.45, 7) is 2.68. The third-order valence-corrected chi connectivity index (χ3v) is 3.81. The van der Waals surface area contributed by atoms with Crippen molar-refractivity contribution in [3.05, 3.63) is 38.3 Å². The Morgan fingerprint density at radius 1 is 1.53 bits per heavy atom. The Labute approximate surface area is 125 Å². The lowest BCUT2D eigenvalue weighted by molar-refractivity contribution is -0.385. The second-order valence-electron chi connectivity index (χ2n) is 4.61. The van der Waals surface area contributed by atoms with Gasteiger partial charge in [0.05, 0.1) is 10.5 Å². The predicted octanol–water partition coefficient (Wildman–Crippen LogP) is 2.56. The van der Waals surface area contributed by atoms with Gasteiger partial charge in [-0.25, -0.2) is 0 Å². The van der Waals surface area contributed by atoms with E-state index < -0.39 is 10.5 Å². The van der Waals surface area contributed by atoms with Crippen molar-refractivity contribution in [2.75, 3.05) is 18.6 Å². The molecule has 0 aliphatic heterocycles. The molecule has 0 amide bonds. The molecule has 0 saturated carbocycles. The Balaban J connectivity index is 2.61. The van der Waals surface area contributed by atoms with E-state index in [4.69, 9.17) is 0 Å². The van der Waals surface area contributed by atoms with Crippen LogP contribution in [-0.2, 0) is 6.54 Å². The van der Waals surface area contributed by atoms with Crippen LogP contribution in [0.4, 0.5) is 5.69 Å². The van der Waals surface area contributed by atoms with E-state index in [1.54, 1.807) is 18.7 Å². The Hall–Kier alpha value is -0.630. The van der Waals surface area contributed by atoms with Crippen molar-refractivity contribution in [2.45, 2.75) is 19.1 Å². The van der Waals surface area contributed by atoms with E-state index in [1.807, 2.05) is 12.3 Å². The zero-order chi connectivity index (χ0) is 14.5. The number of nitrogens with one attached hydrogen (secondary N) is 1. The van der Waals surface area contributed by atoms with Gasteiger partial charge in [0.2, 0.25) is 0 Å². The first kappa shape index (κ1) is 16.4. The molecular formula is C12H17BrN2O3S. The summed E-state index contributed by atoms with van der Waals surface area (Å²) in [5, 5.41) is 23.8. The number of rotatable bonds is 7. The maximum absolute atomic E-state index is 10.7. The van der Waals surface area contributed by atoms with Gasteiger partial charge in [-0.05, 0) is 24.8 Å². The van der Waals surface area contributed by atoms with Crippen molar-refractivity contribution in [3.63, 3.8) is 0 Å². The quantitative estimate of drug-likeness (QED) is 0.585. The van der Waals surface area contributed by atoms with Crippen LogP contribution in [0.3, 0.4) is 0 Å². The standard InChI is InChI=1S/C12H17BrN2O3S/c1-12(16,8-19-2)7-14-6-9-3-10(13)5-11(4-9)15(17)18/h3-5,14,16H,6-8H2,1-2H3. The van der Waals surface area contributed by atoms with Crippen LogP contribution in [0.1, 0.15) is 12.5 Å². The highest BCUT2D eigenvalue weighted by Crippen LogP contribution is 2.21. The summed E-state index contributed by atoms with van der Waals surface area (Å²) in [6.07, 6.45) is 1.94. The number of aliphatic hydroxyl groups is 1. The smallest absolute Gasteiger partial charge is 0.270 e. The van der Waals surface area contributed by atoms with Crippen LogP contribution >= 0.6 is 27.7 Å². The topological polar surface area (TPSA) is 75.4 Å². The molecule has 1 unspecified atom stereocenters. The fourth-order valence-corrected chi connectivity index (χ4v) is 2.93. The first-order chi connectivity index (χ1) is 8.84. The van der Waals surface area contributed by atoms with Gasteiger partial charge in [0.25, 0.3) is 5.69 Å². The molecule has 0 fully saturated rings. The van der Waals surface area contributed by atoms with Crippen molar-refractivity contribution in [1.29, 1.82) is 0 Å². The second kappa shape index (κ2) is 7.23. The number of halogens is 1. The van der Waals surface area contributed by atoms with Gasteiger partial charge < -0.3 is 10.4 Å². The fraction of sp³-hybridized carbons (Fsp3) is 0.500. The van der Waals surface area contributed by atoms with Crippen LogP contribution in [-0.4, -0.2) is 34.2 Å². The van der Waals surface area contributed by atoms with Crippen LogP contribution < -0.4 is 5.32 Å². The third kappa shape index (κ3) is 5.90. The summed E-state index contributed by atoms with van der Waals surface area (Å²) in [6, 6.07) is 4.82. The van der Waals surface area contributed by atoms with Crippen molar-refractivity contribution in [2.24, 2.45) is 0 Å². The van der Waals surface area contributed by atoms with Crippen LogP contribution in [0.5, 0.6) is 0 Å². The molecule has 0 aliphatic carbocycles. The largest absolute Gasteiger partial charge is 0.388 e. The minimum Gasteiger partial charge on any atom is -0.388 e. The predicted molar refractivity (Wildman–Crippen MR) is 81.5 cm³/mol. The molecule has 0 aliphatic rings. The number of hydrogen-bond acceptors (Lipinski definition) is 5. The van der Waals surface area contributed by atoms with Gasteiger partial charge in [-0.15, -0.1) is 0 Å². The lowest BCUT2D eigenvalue weighted by Gasteiger charge is -2.22. The van der Waals surface area contributed by atoms with E-state index in [-0.39, 0.29) is 5.69 Å². The van der Waals surface area contributed by atoms with Gasteiger partial charge in [-0.3, -0.25) is 10.1 Å². The Morgan fingerprint density at radius 2 is 2.21 bits per heavy atom. The highest BCUT2D eigenvalue weighted by Gasteiger charge is 2.18. The second-order valence-corrected chi connectivity index (χ2v) is 6.39. The highest BCUT2D eigenvalue weighted by molar-refractivity contribution is 9.10. The molecule has 0 saturated heterocycles. The zero-order valence-corrected chi connectivity index (χ0v) is 13.3. The molecular weight excluding hydrogens is 332 g/mol. The van der Waals surface area contributed by atoms with Crippen molar-refractivity contribution in [3.8, 4) is 0 Å². The first-order valence-electron chi connectivity index (χ1n) is 5.70. The highest BCUT2D eigenvalue weighted by atomic mass is 79.9. The molecule has 7 heteroatoms. The normalized spacial score (nSPS) is 14.1. The van der Waals surface area contributed by atoms with Gasteiger partial charge in [0.15, 0.2) is 0 Å². The number of nitro groups is 1. The van der Waals surface area contributed by atoms with Crippen molar-refractivity contribution in [1.82, 2.24) is 5.32 Å². The lowest BCUT2D eigenvalue weighted by Crippen LogP contribution is -2.39. The SMILES string of the molecule is CSCC(C)(O)CNCc1cc(Br)cc([N+](=O)[O-])c1. The molecule has 0 bridgehead atoms. The molecule has 2 N–H and O–H groups in total. The van der Waals surface area contributed by atoms with Gasteiger partial charge >= 0.3 is 0 Å². The first-order valence-corrected chi connectivity index (χ1v) is 7.88. The van der Waals surface area contributed by atoms with E-state index >= 15 is 0 Å². The Morgan fingerprint density at radius 3 is 2.79 bits per heavy atom. The average molecular weight is 349 g/mol. The molecule has 1 aromatic rings. The molecule has 1 aromatic carbocycles. The number of thioether (sulfide) groups is 1. The van der Waals surface area contributed by atoms with Crippen molar-refractivity contribution < 1.29 is 10.0 Å². The van der Waals surface area contributed by atoms with E-state index in [1.165, 1.54) is 12.1 Å². The maximum atomic E-state index is 10.7. The van der Waals surface area contributed by atoms with E-state index in [9.17, 15) is 15.2 Å². The summed E-state index contributed by atoms with van der Waals surface area (Å²) < 4.78 is 0.675. The molecule has 5 nitrogen and oxygen atoms in total. The average Bonchev–Trinajstić information content (AvgIpc) is 2.27. The lowest BCUT2D eigenvalue weighted by atomic mass is 10.1. The van der Waals surface area contributed by atoms with Gasteiger partial charge in [-0.2, -0.15) is 11.8 Å². The molecule has 106 valence electrons. The van der Waals surface area contributed by atoms with Crippen LogP contribution in [0.15, 0.2) is 22.7 Å². The number of nitrogens with zero attached hydrogens (tertiary/aromatic N) is 1. The van der Waals surface area contributed by atoms with Gasteiger partial charge in [0.1, 0.15) is 0 Å². The van der Waals surface area contributed by atoms with Crippen molar-refractivity contribution >= 4 is 33.4 Å². The molecule has 0 heterocycles. The Kier molecular flexibility index (Phi) is 6.25. The maximum Gasteiger partial charge on any atom is 0.270 e. The molecule has 1 atom stereocenters. The molecule has 0 radical (unpaired) electrons. The minimum absolute atomic E-state index is 0.0575. The van der Waals surface area contributed by atoms with Crippen LogP contribution in [0.2, 0.25) is 0 Å². The summed E-state index contributed by atoms with van der Waals surface area (Å²) in [7, 11) is 0. The molecule has 0 aromatic heterocycles. The minimum atomic E-state index is -0.780. The Bertz CT molecular complexity index is 455. The molecule has 0 spiro atoms. The summed E-state index contributed by atoms with van der Waals surface area (Å²) in [4.78, 5) is 10.3. The zero-order valence-electron chi connectivity index (χ0n) is 10.9. The number of benzene rings is 1.